The first-order valence-electron chi connectivity index (χ1n) is 11.2. The zero-order valence-corrected chi connectivity index (χ0v) is 20.4. The minimum atomic E-state index is -0.117. The highest BCUT2D eigenvalue weighted by Crippen LogP contribution is 2.34. The molecule has 0 aliphatic heterocycles. The molecule has 1 saturated carbocycles. The SMILES string of the molecule is CCN(c1cc(Cl)cc(C(=O)NCc2nc(C)[nH]c2C)c1C)C1CCC(N(C)C)CC1. The quantitative estimate of drug-likeness (QED) is 0.652. The summed E-state index contributed by atoms with van der Waals surface area (Å²) in [7, 11) is 4.33. The fourth-order valence-electron chi connectivity index (χ4n) is 4.80. The van der Waals surface area contributed by atoms with Crippen molar-refractivity contribution in [1.29, 1.82) is 0 Å². The summed E-state index contributed by atoms with van der Waals surface area (Å²) in [5.74, 6) is 0.735. The number of anilines is 1. The second kappa shape index (κ2) is 10.0. The van der Waals surface area contributed by atoms with Gasteiger partial charge in [0.1, 0.15) is 5.82 Å². The first kappa shape index (κ1) is 23.6. The summed E-state index contributed by atoms with van der Waals surface area (Å²) in [4.78, 5) is 25.4. The smallest absolute Gasteiger partial charge is 0.251 e. The predicted octanol–water partition coefficient (Wildman–Crippen LogP) is 4.62. The highest BCUT2D eigenvalue weighted by atomic mass is 35.5. The topological polar surface area (TPSA) is 64.3 Å². The summed E-state index contributed by atoms with van der Waals surface area (Å²) in [6, 6.07) is 4.92. The fraction of sp³-hybridized carbons (Fsp3) is 0.583. The molecular formula is C24H36ClN5O. The molecule has 2 N–H and O–H groups in total. The first-order valence-corrected chi connectivity index (χ1v) is 11.6. The number of nitrogens with one attached hydrogen (secondary N) is 2. The molecule has 6 nitrogen and oxygen atoms in total. The molecule has 1 heterocycles. The number of aryl methyl sites for hydroxylation is 2. The van der Waals surface area contributed by atoms with Gasteiger partial charge in [0.2, 0.25) is 0 Å². The van der Waals surface area contributed by atoms with E-state index in [1.807, 2.05) is 26.8 Å². The van der Waals surface area contributed by atoms with Gasteiger partial charge in [0.15, 0.2) is 0 Å². The van der Waals surface area contributed by atoms with Gasteiger partial charge in [-0.2, -0.15) is 0 Å². The Morgan fingerprint density at radius 2 is 1.81 bits per heavy atom. The summed E-state index contributed by atoms with van der Waals surface area (Å²) in [5.41, 5.74) is 4.52. The molecule has 1 amide bonds. The van der Waals surface area contributed by atoms with E-state index in [9.17, 15) is 4.79 Å². The van der Waals surface area contributed by atoms with Gasteiger partial charge in [-0.3, -0.25) is 4.79 Å². The molecule has 3 rings (SSSR count). The van der Waals surface area contributed by atoms with Crippen molar-refractivity contribution in [3.05, 3.63) is 45.5 Å². The van der Waals surface area contributed by atoms with Crippen LogP contribution in [0.25, 0.3) is 0 Å². The molecule has 0 saturated heterocycles. The largest absolute Gasteiger partial charge is 0.369 e. The maximum atomic E-state index is 13.0. The maximum Gasteiger partial charge on any atom is 0.251 e. The molecule has 31 heavy (non-hydrogen) atoms. The van der Waals surface area contributed by atoms with Crippen molar-refractivity contribution in [3.63, 3.8) is 0 Å². The van der Waals surface area contributed by atoms with Crippen LogP contribution < -0.4 is 10.2 Å². The van der Waals surface area contributed by atoms with Crippen molar-refractivity contribution in [2.24, 2.45) is 0 Å². The second-order valence-electron chi connectivity index (χ2n) is 8.89. The Balaban J connectivity index is 1.78. The molecule has 0 unspecified atom stereocenters. The van der Waals surface area contributed by atoms with Crippen LogP contribution >= 0.6 is 11.6 Å². The van der Waals surface area contributed by atoms with Gasteiger partial charge in [0.05, 0.1) is 12.2 Å². The molecule has 0 spiro atoms. The van der Waals surface area contributed by atoms with E-state index in [0.29, 0.717) is 29.2 Å². The number of imidazole rings is 1. The molecule has 170 valence electrons. The average Bonchev–Trinajstić information content (AvgIpc) is 3.06. The van der Waals surface area contributed by atoms with Crippen LogP contribution in [0.4, 0.5) is 5.69 Å². The minimum Gasteiger partial charge on any atom is -0.369 e. The van der Waals surface area contributed by atoms with Gasteiger partial charge in [0.25, 0.3) is 5.91 Å². The summed E-state index contributed by atoms with van der Waals surface area (Å²) in [6.07, 6.45) is 4.71. The van der Waals surface area contributed by atoms with Crippen LogP contribution in [0.1, 0.15) is 65.7 Å². The van der Waals surface area contributed by atoms with E-state index in [4.69, 9.17) is 11.6 Å². The second-order valence-corrected chi connectivity index (χ2v) is 9.32. The highest BCUT2D eigenvalue weighted by Gasteiger charge is 2.28. The molecule has 2 aromatic rings. The molecule has 0 radical (unpaired) electrons. The number of aromatic amines is 1. The van der Waals surface area contributed by atoms with Crippen molar-refractivity contribution < 1.29 is 4.79 Å². The zero-order valence-electron chi connectivity index (χ0n) is 19.7. The lowest BCUT2D eigenvalue weighted by atomic mass is 9.89. The van der Waals surface area contributed by atoms with E-state index < -0.39 is 0 Å². The Morgan fingerprint density at radius 1 is 1.16 bits per heavy atom. The van der Waals surface area contributed by atoms with Gasteiger partial charge in [-0.1, -0.05) is 11.6 Å². The number of amides is 1. The van der Waals surface area contributed by atoms with Crippen LogP contribution in [0.15, 0.2) is 12.1 Å². The molecule has 1 aromatic carbocycles. The third-order valence-corrected chi connectivity index (χ3v) is 6.82. The number of H-pyrrole nitrogens is 1. The minimum absolute atomic E-state index is 0.117. The number of hydrogen-bond donors (Lipinski definition) is 2. The molecule has 0 bridgehead atoms. The van der Waals surface area contributed by atoms with Gasteiger partial charge in [-0.25, -0.2) is 4.98 Å². The van der Waals surface area contributed by atoms with E-state index in [2.05, 4.69) is 46.1 Å². The van der Waals surface area contributed by atoms with Gasteiger partial charge in [-0.05, 0) is 85.2 Å². The number of benzene rings is 1. The standard InChI is InChI=1S/C24H36ClN5O/c1-7-30(20-10-8-19(9-11-20)29(5)6)23-13-18(25)12-21(15(23)2)24(31)26-14-22-16(3)27-17(4)28-22/h12-13,19-20H,7-11,14H2,1-6H3,(H,26,31)(H,27,28). The van der Waals surface area contributed by atoms with E-state index in [1.165, 1.54) is 12.8 Å². The van der Waals surface area contributed by atoms with Gasteiger partial charge >= 0.3 is 0 Å². The van der Waals surface area contributed by atoms with Crippen molar-refractivity contribution in [2.45, 2.75) is 72.0 Å². The van der Waals surface area contributed by atoms with Gasteiger partial charge < -0.3 is 20.1 Å². The Labute approximate surface area is 191 Å². The third-order valence-electron chi connectivity index (χ3n) is 6.60. The molecular weight excluding hydrogens is 410 g/mol. The molecule has 1 aromatic heterocycles. The van der Waals surface area contributed by atoms with Crippen LogP contribution in [-0.4, -0.2) is 53.5 Å². The predicted molar refractivity (Wildman–Crippen MR) is 128 cm³/mol. The average molecular weight is 446 g/mol. The van der Waals surface area contributed by atoms with Crippen molar-refractivity contribution in [1.82, 2.24) is 20.2 Å². The molecule has 1 aliphatic rings. The van der Waals surface area contributed by atoms with Crippen LogP contribution in [0.2, 0.25) is 5.02 Å². The molecule has 1 fully saturated rings. The van der Waals surface area contributed by atoms with Crippen molar-refractivity contribution >= 4 is 23.2 Å². The number of halogens is 1. The molecule has 7 heteroatoms. The number of nitrogens with zero attached hydrogens (tertiary/aromatic N) is 3. The summed E-state index contributed by atoms with van der Waals surface area (Å²) >= 11 is 6.49. The molecule has 1 aliphatic carbocycles. The number of carbonyl (C=O) groups excluding carboxylic acids is 1. The van der Waals surface area contributed by atoms with Crippen LogP contribution in [-0.2, 0) is 6.54 Å². The lowest BCUT2D eigenvalue weighted by Crippen LogP contribution is -2.42. The summed E-state index contributed by atoms with van der Waals surface area (Å²) in [5, 5.41) is 3.61. The van der Waals surface area contributed by atoms with Crippen LogP contribution in [0.5, 0.6) is 0 Å². The van der Waals surface area contributed by atoms with Crippen molar-refractivity contribution in [3.8, 4) is 0 Å². The Hall–Kier alpha value is -2.05. The lowest BCUT2D eigenvalue weighted by Gasteiger charge is -2.40. The van der Waals surface area contributed by atoms with E-state index in [0.717, 1.165) is 47.8 Å². The zero-order chi connectivity index (χ0) is 22.7. The van der Waals surface area contributed by atoms with Gasteiger partial charge in [0, 0.05) is 40.6 Å². The van der Waals surface area contributed by atoms with Crippen molar-refractivity contribution in [2.75, 3.05) is 25.5 Å². The monoisotopic (exact) mass is 445 g/mol. The summed E-state index contributed by atoms with van der Waals surface area (Å²) < 4.78 is 0. The fourth-order valence-corrected chi connectivity index (χ4v) is 5.01. The highest BCUT2D eigenvalue weighted by molar-refractivity contribution is 6.31. The van der Waals surface area contributed by atoms with Crippen LogP contribution in [0, 0.1) is 20.8 Å². The normalized spacial score (nSPS) is 19.0. The number of rotatable bonds is 7. The Kier molecular flexibility index (Phi) is 7.65. The maximum absolute atomic E-state index is 13.0. The van der Waals surface area contributed by atoms with E-state index >= 15 is 0 Å². The summed E-state index contributed by atoms with van der Waals surface area (Å²) in [6.45, 7) is 9.37. The number of carbonyl (C=O) groups is 1. The Morgan fingerprint density at radius 3 is 2.35 bits per heavy atom. The van der Waals surface area contributed by atoms with E-state index in [-0.39, 0.29) is 5.91 Å². The first-order chi connectivity index (χ1) is 14.7. The lowest BCUT2D eigenvalue weighted by molar-refractivity contribution is 0.0950. The van der Waals surface area contributed by atoms with E-state index in [1.54, 1.807) is 6.07 Å². The number of hydrogen-bond acceptors (Lipinski definition) is 4. The Bertz CT molecular complexity index is 915. The van der Waals surface area contributed by atoms with Gasteiger partial charge in [-0.15, -0.1) is 0 Å². The number of aromatic nitrogens is 2. The van der Waals surface area contributed by atoms with Crippen LogP contribution in [0.3, 0.4) is 0 Å². The molecule has 0 atom stereocenters. The third kappa shape index (κ3) is 5.42.